The molecule has 0 saturated carbocycles. The average Bonchev–Trinajstić information content (AvgIpc) is 2.83. The molecule has 1 aromatic heterocycles. The molecule has 2 N–H and O–H groups in total. The normalized spacial score (nSPS) is 10.8. The number of hydrogen-bond acceptors (Lipinski definition) is 2. The number of nitrogens with zero attached hydrogens (tertiary/aromatic N) is 2. The van der Waals surface area contributed by atoms with Crippen molar-refractivity contribution in [3.05, 3.63) is 70.6 Å². The van der Waals surface area contributed by atoms with Gasteiger partial charge < -0.3 is 5.73 Å². The Morgan fingerprint density at radius 2 is 1.81 bits per heavy atom. The van der Waals surface area contributed by atoms with Crippen molar-refractivity contribution < 1.29 is 4.39 Å². The van der Waals surface area contributed by atoms with Crippen LogP contribution in [0.2, 0.25) is 0 Å². The van der Waals surface area contributed by atoms with E-state index in [0.29, 0.717) is 17.9 Å². The van der Waals surface area contributed by atoms with E-state index in [9.17, 15) is 4.39 Å². The van der Waals surface area contributed by atoms with E-state index in [-0.39, 0.29) is 5.82 Å². The smallest absolute Gasteiger partial charge is 0.123 e. The summed E-state index contributed by atoms with van der Waals surface area (Å²) < 4.78 is 15.8. The van der Waals surface area contributed by atoms with Crippen molar-refractivity contribution in [1.82, 2.24) is 9.78 Å². The fourth-order valence-corrected chi connectivity index (χ4v) is 2.56. The van der Waals surface area contributed by atoms with Gasteiger partial charge in [0.15, 0.2) is 0 Å². The first-order chi connectivity index (χ1) is 10.1. The van der Waals surface area contributed by atoms with Crippen molar-refractivity contribution in [2.24, 2.45) is 0 Å². The molecule has 0 aliphatic rings. The lowest BCUT2D eigenvalue weighted by Gasteiger charge is -2.04. The number of halogens is 2. The number of nitrogen functional groups attached to an aromatic ring is 1. The second-order valence-corrected chi connectivity index (χ2v) is 5.58. The largest absolute Gasteiger partial charge is 0.396 e. The van der Waals surface area contributed by atoms with E-state index >= 15 is 0 Å². The Morgan fingerprint density at radius 1 is 1.10 bits per heavy atom. The van der Waals surface area contributed by atoms with E-state index in [0.717, 1.165) is 15.6 Å². The number of rotatable bonds is 3. The average molecular weight is 346 g/mol. The molecule has 0 unspecified atom stereocenters. The standard InChI is InChI=1S/C16H13BrFN3/c17-14-4-2-1-3-12(14)9-21-10-15(19)16(20-21)11-5-7-13(18)8-6-11/h1-8,10H,9,19H2. The quantitative estimate of drug-likeness (QED) is 0.777. The van der Waals surface area contributed by atoms with Gasteiger partial charge in [0.1, 0.15) is 11.5 Å². The predicted molar refractivity (Wildman–Crippen MR) is 85.3 cm³/mol. The highest BCUT2D eigenvalue weighted by atomic mass is 79.9. The lowest BCUT2D eigenvalue weighted by atomic mass is 10.1. The molecule has 3 rings (SSSR count). The first-order valence-corrected chi connectivity index (χ1v) is 7.25. The molecule has 106 valence electrons. The van der Waals surface area contributed by atoms with Crippen LogP contribution in [0.15, 0.2) is 59.2 Å². The van der Waals surface area contributed by atoms with E-state index in [1.54, 1.807) is 23.0 Å². The Morgan fingerprint density at radius 3 is 2.52 bits per heavy atom. The van der Waals surface area contributed by atoms with E-state index in [1.807, 2.05) is 24.3 Å². The Balaban J connectivity index is 1.91. The summed E-state index contributed by atoms with van der Waals surface area (Å²) in [6.07, 6.45) is 1.79. The number of nitrogens with two attached hydrogens (primary N) is 1. The fourth-order valence-electron chi connectivity index (χ4n) is 2.15. The monoisotopic (exact) mass is 345 g/mol. The maximum absolute atomic E-state index is 13.0. The zero-order valence-corrected chi connectivity index (χ0v) is 12.7. The number of aromatic nitrogens is 2. The summed E-state index contributed by atoms with van der Waals surface area (Å²) in [5.74, 6) is -0.273. The van der Waals surface area contributed by atoms with Gasteiger partial charge in [-0.25, -0.2) is 4.39 Å². The van der Waals surface area contributed by atoms with Crippen LogP contribution < -0.4 is 5.73 Å². The molecule has 2 aromatic carbocycles. The van der Waals surface area contributed by atoms with Gasteiger partial charge in [-0.3, -0.25) is 4.68 Å². The minimum atomic E-state index is -0.273. The second kappa shape index (κ2) is 5.69. The minimum Gasteiger partial charge on any atom is -0.396 e. The van der Waals surface area contributed by atoms with E-state index < -0.39 is 0 Å². The SMILES string of the molecule is Nc1cn(Cc2ccccc2Br)nc1-c1ccc(F)cc1. The van der Waals surface area contributed by atoms with E-state index in [2.05, 4.69) is 21.0 Å². The molecule has 0 bridgehead atoms. The highest BCUT2D eigenvalue weighted by molar-refractivity contribution is 9.10. The van der Waals surface area contributed by atoms with Crippen LogP contribution in [0.1, 0.15) is 5.56 Å². The molecule has 1 heterocycles. The van der Waals surface area contributed by atoms with Crippen molar-refractivity contribution >= 4 is 21.6 Å². The van der Waals surface area contributed by atoms with Gasteiger partial charge in [0.05, 0.1) is 12.2 Å². The highest BCUT2D eigenvalue weighted by Crippen LogP contribution is 2.25. The van der Waals surface area contributed by atoms with Gasteiger partial charge in [0.25, 0.3) is 0 Å². The van der Waals surface area contributed by atoms with Gasteiger partial charge in [0, 0.05) is 16.2 Å². The van der Waals surface area contributed by atoms with Gasteiger partial charge in [-0.15, -0.1) is 0 Å². The molecule has 0 fully saturated rings. The first-order valence-electron chi connectivity index (χ1n) is 6.46. The fraction of sp³-hybridized carbons (Fsp3) is 0.0625. The van der Waals surface area contributed by atoms with Crippen LogP contribution in [0.25, 0.3) is 11.3 Å². The summed E-state index contributed by atoms with van der Waals surface area (Å²) >= 11 is 3.52. The molecule has 0 aliphatic carbocycles. The van der Waals surface area contributed by atoms with Crippen LogP contribution in [-0.4, -0.2) is 9.78 Å². The predicted octanol–water partition coefficient (Wildman–Crippen LogP) is 4.08. The summed E-state index contributed by atoms with van der Waals surface area (Å²) in [4.78, 5) is 0. The summed E-state index contributed by atoms with van der Waals surface area (Å²) in [6, 6.07) is 14.1. The lowest BCUT2D eigenvalue weighted by molar-refractivity contribution is 0.628. The van der Waals surface area contributed by atoms with Gasteiger partial charge in [-0.2, -0.15) is 5.10 Å². The van der Waals surface area contributed by atoms with E-state index in [4.69, 9.17) is 5.73 Å². The van der Waals surface area contributed by atoms with Gasteiger partial charge in [-0.05, 0) is 35.9 Å². The van der Waals surface area contributed by atoms with Crippen LogP contribution in [-0.2, 0) is 6.54 Å². The number of anilines is 1. The maximum atomic E-state index is 13.0. The van der Waals surface area contributed by atoms with E-state index in [1.165, 1.54) is 12.1 Å². The topological polar surface area (TPSA) is 43.8 Å². The molecule has 0 amide bonds. The Labute approximate surface area is 130 Å². The molecule has 0 radical (unpaired) electrons. The molecule has 3 aromatic rings. The molecular formula is C16H13BrFN3. The molecule has 0 saturated heterocycles. The zero-order valence-electron chi connectivity index (χ0n) is 11.1. The maximum Gasteiger partial charge on any atom is 0.123 e. The Hall–Kier alpha value is -2.14. The summed E-state index contributed by atoms with van der Waals surface area (Å²) in [6.45, 7) is 0.618. The summed E-state index contributed by atoms with van der Waals surface area (Å²) in [7, 11) is 0. The summed E-state index contributed by atoms with van der Waals surface area (Å²) in [5.41, 5.74) is 9.18. The second-order valence-electron chi connectivity index (χ2n) is 4.73. The molecule has 5 heteroatoms. The third kappa shape index (κ3) is 2.97. The first kappa shape index (κ1) is 13.8. The Kier molecular flexibility index (Phi) is 3.75. The van der Waals surface area contributed by atoms with Crippen LogP contribution in [0.4, 0.5) is 10.1 Å². The molecule has 3 nitrogen and oxygen atoms in total. The van der Waals surface area contributed by atoms with Crippen LogP contribution >= 0.6 is 15.9 Å². The Bertz CT molecular complexity index is 765. The molecule has 0 aliphatic heterocycles. The molecule has 21 heavy (non-hydrogen) atoms. The number of benzene rings is 2. The van der Waals surface area contributed by atoms with Gasteiger partial charge in [-0.1, -0.05) is 34.1 Å². The van der Waals surface area contributed by atoms with Crippen molar-refractivity contribution in [3.63, 3.8) is 0 Å². The molecule has 0 atom stereocenters. The minimum absolute atomic E-state index is 0.273. The number of hydrogen-bond donors (Lipinski definition) is 1. The molecular weight excluding hydrogens is 333 g/mol. The van der Waals surface area contributed by atoms with Crippen molar-refractivity contribution in [3.8, 4) is 11.3 Å². The van der Waals surface area contributed by atoms with Crippen LogP contribution in [0.3, 0.4) is 0 Å². The molecule has 0 spiro atoms. The summed E-state index contributed by atoms with van der Waals surface area (Å²) in [5, 5.41) is 4.49. The third-order valence-corrected chi connectivity index (χ3v) is 3.97. The third-order valence-electron chi connectivity index (χ3n) is 3.20. The van der Waals surface area contributed by atoms with Crippen LogP contribution in [0.5, 0.6) is 0 Å². The van der Waals surface area contributed by atoms with Gasteiger partial charge >= 0.3 is 0 Å². The van der Waals surface area contributed by atoms with Crippen molar-refractivity contribution in [1.29, 1.82) is 0 Å². The van der Waals surface area contributed by atoms with Gasteiger partial charge in [0.2, 0.25) is 0 Å². The van der Waals surface area contributed by atoms with Crippen molar-refractivity contribution in [2.75, 3.05) is 5.73 Å². The van der Waals surface area contributed by atoms with Crippen molar-refractivity contribution in [2.45, 2.75) is 6.54 Å². The zero-order chi connectivity index (χ0) is 14.8. The van der Waals surface area contributed by atoms with Crippen LogP contribution in [0, 0.1) is 5.82 Å². The highest BCUT2D eigenvalue weighted by Gasteiger charge is 2.09. The lowest BCUT2D eigenvalue weighted by Crippen LogP contribution is -2.01.